The van der Waals surface area contributed by atoms with Gasteiger partial charge in [-0.2, -0.15) is 9.40 Å². The molecule has 1 aliphatic heterocycles. The summed E-state index contributed by atoms with van der Waals surface area (Å²) in [6, 6.07) is 12.3. The summed E-state index contributed by atoms with van der Waals surface area (Å²) < 4.78 is 69.5. The Morgan fingerprint density at radius 2 is 1.73 bits per heavy atom. The lowest BCUT2D eigenvalue weighted by atomic mass is 10.1. The second-order valence-electron chi connectivity index (χ2n) is 6.74. The summed E-state index contributed by atoms with van der Waals surface area (Å²) in [5, 5.41) is 4.93. The van der Waals surface area contributed by atoms with Crippen molar-refractivity contribution in [3.05, 3.63) is 64.8 Å². The van der Waals surface area contributed by atoms with Gasteiger partial charge in [0.05, 0.1) is 24.2 Å². The average molecular weight is 458 g/mol. The topological polar surface area (TPSA) is 64.4 Å². The Bertz CT molecular complexity index is 1210. The Kier molecular flexibility index (Phi) is 5.03. The largest absolute Gasteiger partial charge is 0.573 e. The monoisotopic (exact) mass is 457 g/mol. The summed E-state index contributed by atoms with van der Waals surface area (Å²) in [6.07, 6.45) is -3.78. The SMILES string of the molecule is CS(=O)(=O)N1Cc2nn(-c3ccccc3OC(F)(F)F)c(-c3ccc(Cl)cc3)c2C1. The van der Waals surface area contributed by atoms with Crippen molar-refractivity contribution in [2.75, 3.05) is 6.26 Å². The van der Waals surface area contributed by atoms with Gasteiger partial charge in [0.1, 0.15) is 5.69 Å². The van der Waals surface area contributed by atoms with Crippen LogP contribution in [0.2, 0.25) is 5.02 Å². The molecule has 158 valence electrons. The number of aromatic nitrogens is 2. The number of alkyl halides is 3. The van der Waals surface area contributed by atoms with Gasteiger partial charge in [-0.1, -0.05) is 35.9 Å². The van der Waals surface area contributed by atoms with Gasteiger partial charge in [0.25, 0.3) is 0 Å². The highest BCUT2D eigenvalue weighted by Gasteiger charge is 2.35. The Morgan fingerprint density at radius 3 is 2.37 bits per heavy atom. The Morgan fingerprint density at radius 1 is 1.07 bits per heavy atom. The van der Waals surface area contributed by atoms with Crippen molar-refractivity contribution in [3.63, 3.8) is 0 Å². The number of rotatable bonds is 4. The average Bonchev–Trinajstić information content (AvgIpc) is 3.19. The normalized spacial score (nSPS) is 14.7. The van der Waals surface area contributed by atoms with E-state index in [1.807, 2.05) is 0 Å². The van der Waals surface area contributed by atoms with Crippen LogP contribution in [0.15, 0.2) is 48.5 Å². The molecule has 0 fully saturated rings. The van der Waals surface area contributed by atoms with E-state index >= 15 is 0 Å². The van der Waals surface area contributed by atoms with Gasteiger partial charge in [0, 0.05) is 22.7 Å². The molecule has 0 N–H and O–H groups in total. The lowest BCUT2D eigenvalue weighted by Gasteiger charge is -2.17. The van der Waals surface area contributed by atoms with Crippen molar-refractivity contribution in [2.45, 2.75) is 19.5 Å². The highest BCUT2D eigenvalue weighted by Crippen LogP contribution is 2.38. The van der Waals surface area contributed by atoms with Gasteiger partial charge in [0.15, 0.2) is 5.75 Å². The number of halogens is 4. The highest BCUT2D eigenvalue weighted by atomic mass is 35.5. The molecule has 2 aromatic carbocycles. The van der Waals surface area contributed by atoms with Crippen molar-refractivity contribution in [1.29, 1.82) is 0 Å². The third-order valence-electron chi connectivity index (χ3n) is 4.63. The molecule has 0 bridgehead atoms. The van der Waals surface area contributed by atoms with E-state index < -0.39 is 22.1 Å². The summed E-state index contributed by atoms with van der Waals surface area (Å²) in [6.45, 7) is 0.0957. The zero-order chi connectivity index (χ0) is 21.7. The molecule has 0 radical (unpaired) electrons. The first-order chi connectivity index (χ1) is 14.0. The van der Waals surface area contributed by atoms with Gasteiger partial charge in [-0.25, -0.2) is 13.1 Å². The van der Waals surface area contributed by atoms with E-state index in [1.54, 1.807) is 30.3 Å². The maximum absolute atomic E-state index is 12.9. The molecule has 1 aromatic heterocycles. The van der Waals surface area contributed by atoms with Crippen LogP contribution in [0.1, 0.15) is 11.3 Å². The first kappa shape index (κ1) is 20.7. The van der Waals surface area contributed by atoms with Gasteiger partial charge in [-0.05, 0) is 24.3 Å². The van der Waals surface area contributed by atoms with Crippen molar-refractivity contribution >= 4 is 21.6 Å². The summed E-state index contributed by atoms with van der Waals surface area (Å²) >= 11 is 5.97. The fourth-order valence-corrected chi connectivity index (χ4v) is 4.19. The molecule has 6 nitrogen and oxygen atoms in total. The molecule has 11 heteroatoms. The standard InChI is InChI=1S/C19H15ClF3N3O3S/c1-30(27,28)25-10-14-15(11-25)24-26(18(14)12-6-8-13(20)9-7-12)16-4-2-3-5-17(16)29-19(21,22)23/h2-9H,10-11H2,1H3. The molecule has 4 rings (SSSR count). The summed E-state index contributed by atoms with van der Waals surface area (Å²) in [7, 11) is -3.47. The molecule has 30 heavy (non-hydrogen) atoms. The van der Waals surface area contributed by atoms with E-state index in [4.69, 9.17) is 11.6 Å². The van der Waals surface area contributed by atoms with E-state index in [-0.39, 0.29) is 18.8 Å². The van der Waals surface area contributed by atoms with Gasteiger partial charge < -0.3 is 4.74 Å². The maximum atomic E-state index is 12.9. The van der Waals surface area contributed by atoms with Crippen molar-refractivity contribution < 1.29 is 26.3 Å². The number of hydrogen-bond acceptors (Lipinski definition) is 4. The van der Waals surface area contributed by atoms with Crippen LogP contribution in [0.5, 0.6) is 5.75 Å². The third-order valence-corrected chi connectivity index (χ3v) is 6.08. The van der Waals surface area contributed by atoms with Gasteiger partial charge in [-0.15, -0.1) is 13.2 Å². The van der Waals surface area contributed by atoms with Crippen LogP contribution in [0.4, 0.5) is 13.2 Å². The fraction of sp³-hybridized carbons (Fsp3) is 0.211. The van der Waals surface area contributed by atoms with E-state index in [2.05, 4.69) is 9.84 Å². The minimum atomic E-state index is -4.88. The minimum Gasteiger partial charge on any atom is -0.403 e. The van der Waals surface area contributed by atoms with Gasteiger partial charge in [0.2, 0.25) is 10.0 Å². The number of para-hydroxylation sites is 2. The molecule has 3 aromatic rings. The first-order valence-corrected chi connectivity index (χ1v) is 10.9. The predicted octanol–water partition coefficient (Wildman–Crippen LogP) is 4.37. The Labute approximate surface area is 175 Å². The molecule has 0 aliphatic carbocycles. The zero-order valence-corrected chi connectivity index (χ0v) is 17.1. The first-order valence-electron chi connectivity index (χ1n) is 8.70. The van der Waals surface area contributed by atoms with Gasteiger partial charge in [-0.3, -0.25) is 0 Å². The molecule has 0 atom stereocenters. The fourth-order valence-electron chi connectivity index (χ4n) is 3.34. The molecule has 0 spiro atoms. The van der Waals surface area contributed by atoms with Crippen molar-refractivity contribution in [3.8, 4) is 22.7 Å². The number of ether oxygens (including phenoxy) is 1. The highest BCUT2D eigenvalue weighted by molar-refractivity contribution is 7.88. The third kappa shape index (κ3) is 4.03. The van der Waals surface area contributed by atoms with E-state index in [9.17, 15) is 21.6 Å². The van der Waals surface area contributed by atoms with E-state index in [1.165, 1.54) is 27.2 Å². The molecular weight excluding hydrogens is 443 g/mol. The second kappa shape index (κ2) is 7.29. The maximum Gasteiger partial charge on any atom is 0.573 e. The van der Waals surface area contributed by atoms with Crippen molar-refractivity contribution in [1.82, 2.24) is 14.1 Å². The second-order valence-corrected chi connectivity index (χ2v) is 9.16. The molecule has 0 saturated carbocycles. The number of nitrogens with zero attached hydrogens (tertiary/aromatic N) is 3. The molecule has 0 unspecified atom stereocenters. The summed E-state index contributed by atoms with van der Waals surface area (Å²) in [5.41, 5.74) is 2.27. The predicted molar refractivity (Wildman–Crippen MR) is 105 cm³/mol. The van der Waals surface area contributed by atoms with Crippen LogP contribution < -0.4 is 4.74 Å². The number of sulfonamides is 1. The van der Waals surface area contributed by atoms with Crippen molar-refractivity contribution in [2.24, 2.45) is 0 Å². The Balaban J connectivity index is 1.90. The number of benzene rings is 2. The van der Waals surface area contributed by atoms with E-state index in [0.717, 1.165) is 6.26 Å². The lowest BCUT2D eigenvalue weighted by Crippen LogP contribution is -2.25. The van der Waals surface area contributed by atoms with Crippen LogP contribution in [0, 0.1) is 0 Å². The summed E-state index contributed by atoms with van der Waals surface area (Å²) in [5.74, 6) is -0.415. The van der Waals surface area contributed by atoms with Crippen LogP contribution in [-0.2, 0) is 23.1 Å². The molecule has 2 heterocycles. The molecule has 1 aliphatic rings. The number of hydrogen-bond donors (Lipinski definition) is 0. The summed E-state index contributed by atoms with van der Waals surface area (Å²) in [4.78, 5) is 0. The van der Waals surface area contributed by atoms with Crippen LogP contribution in [0.25, 0.3) is 16.9 Å². The van der Waals surface area contributed by atoms with Crippen LogP contribution in [-0.4, -0.2) is 35.1 Å². The minimum absolute atomic E-state index is 0.0318. The molecule has 0 amide bonds. The molecular formula is C19H15ClF3N3O3S. The zero-order valence-electron chi connectivity index (χ0n) is 15.5. The van der Waals surface area contributed by atoms with Gasteiger partial charge >= 0.3 is 6.36 Å². The smallest absolute Gasteiger partial charge is 0.403 e. The molecule has 0 saturated heterocycles. The quantitative estimate of drug-likeness (QED) is 0.583. The lowest BCUT2D eigenvalue weighted by molar-refractivity contribution is -0.274. The van der Waals surface area contributed by atoms with E-state index in [0.29, 0.717) is 27.5 Å². The van der Waals surface area contributed by atoms with Crippen LogP contribution in [0.3, 0.4) is 0 Å². The Hall–Kier alpha value is -2.56. The van der Waals surface area contributed by atoms with Crippen LogP contribution >= 0.6 is 11.6 Å². The number of fused-ring (bicyclic) bond motifs is 1.